The average molecular weight is 723 g/mol. The number of carbonyl (C=O) groups is 3. The molecule has 0 fully saturated rings. The van der Waals surface area contributed by atoms with E-state index in [0.717, 1.165) is 22.3 Å². The minimum atomic E-state index is -0.864. The topological polar surface area (TPSA) is 107 Å². The number of carbonyl (C=O) groups excluding carboxylic acids is 3. The molecule has 9 heteroatoms. The van der Waals surface area contributed by atoms with E-state index >= 15 is 0 Å². The molecule has 0 aromatic heterocycles. The first-order chi connectivity index (χ1) is 26.0. The van der Waals surface area contributed by atoms with Gasteiger partial charge in [-0.05, 0) is 95.1 Å². The van der Waals surface area contributed by atoms with Crippen molar-refractivity contribution in [2.75, 3.05) is 0 Å². The normalized spacial score (nSPS) is 11.2. The summed E-state index contributed by atoms with van der Waals surface area (Å²) in [6.45, 7) is 8.27. The second-order valence-corrected chi connectivity index (χ2v) is 13.3. The summed E-state index contributed by atoms with van der Waals surface area (Å²) >= 11 is 0. The zero-order valence-corrected chi connectivity index (χ0v) is 30.2. The van der Waals surface area contributed by atoms with Gasteiger partial charge in [-0.25, -0.2) is 14.4 Å². The van der Waals surface area contributed by atoms with Gasteiger partial charge in [0.1, 0.15) is 34.5 Å². The first-order valence-corrected chi connectivity index (χ1v) is 17.2. The van der Waals surface area contributed by atoms with Crippen LogP contribution in [0.25, 0.3) is 0 Å². The molecule has 272 valence electrons. The first kappa shape index (κ1) is 36.9. The molecule has 0 saturated heterocycles. The molecular weight excluding hydrogens is 684 g/mol. The number of hydrogen-bond donors (Lipinski definition) is 0. The van der Waals surface area contributed by atoms with Gasteiger partial charge in [0.2, 0.25) is 0 Å². The molecule has 0 aliphatic heterocycles. The lowest BCUT2D eigenvalue weighted by Gasteiger charge is -2.26. The third-order valence-electron chi connectivity index (χ3n) is 9.00. The van der Waals surface area contributed by atoms with Gasteiger partial charge in [-0.15, -0.1) is 0 Å². The molecule has 0 heterocycles. The molecule has 0 spiro atoms. The van der Waals surface area contributed by atoms with E-state index in [1.807, 2.05) is 60.7 Å². The van der Waals surface area contributed by atoms with Crippen LogP contribution in [0.2, 0.25) is 0 Å². The van der Waals surface area contributed by atoms with Gasteiger partial charge in [0, 0.05) is 10.8 Å². The van der Waals surface area contributed by atoms with Crippen molar-refractivity contribution in [3.8, 4) is 34.5 Å². The summed E-state index contributed by atoms with van der Waals surface area (Å²) in [7, 11) is 0. The van der Waals surface area contributed by atoms with E-state index in [-0.39, 0.29) is 0 Å². The standard InChI is InChI=1S/C45H38O9/c1-44(2,31-15-23-37(24-16-31)51-41(46)49-35-11-7-5-8-12-35)33-19-27-39(28-20-33)53-43(48)54-40-29-21-34(22-30-40)45(3,4)32-17-25-38(26-18-32)52-42(47)50-36-13-9-6-10-14-36/h5-30H,1-4H3. The Morgan fingerprint density at radius 1 is 0.296 bits per heavy atom. The van der Waals surface area contributed by atoms with Gasteiger partial charge < -0.3 is 28.4 Å². The lowest BCUT2D eigenvalue weighted by Crippen LogP contribution is -2.20. The Labute approximate surface area is 313 Å². The summed E-state index contributed by atoms with van der Waals surface area (Å²) < 4.78 is 31.9. The molecule has 0 unspecified atom stereocenters. The van der Waals surface area contributed by atoms with E-state index in [9.17, 15) is 14.4 Å². The molecular formula is C45H38O9. The smallest absolute Gasteiger partial charge is 0.395 e. The average Bonchev–Trinajstić information content (AvgIpc) is 3.16. The Kier molecular flexibility index (Phi) is 11.1. The Morgan fingerprint density at radius 3 is 0.685 bits per heavy atom. The molecule has 0 aliphatic carbocycles. The van der Waals surface area contributed by atoms with Crippen molar-refractivity contribution in [3.05, 3.63) is 180 Å². The van der Waals surface area contributed by atoms with Gasteiger partial charge in [0.15, 0.2) is 0 Å². The van der Waals surface area contributed by atoms with Crippen LogP contribution in [0.1, 0.15) is 49.9 Å². The summed E-state index contributed by atoms with van der Waals surface area (Å²) in [5.41, 5.74) is 3.10. The molecule has 6 aromatic rings. The number of para-hydroxylation sites is 2. The molecule has 0 N–H and O–H groups in total. The Balaban J connectivity index is 0.998. The van der Waals surface area contributed by atoms with E-state index in [0.29, 0.717) is 34.5 Å². The second-order valence-electron chi connectivity index (χ2n) is 13.3. The van der Waals surface area contributed by atoms with Gasteiger partial charge in [-0.3, -0.25) is 0 Å². The largest absolute Gasteiger partial charge is 0.519 e. The molecule has 54 heavy (non-hydrogen) atoms. The van der Waals surface area contributed by atoms with Crippen molar-refractivity contribution < 1.29 is 42.8 Å². The zero-order valence-electron chi connectivity index (χ0n) is 30.2. The Hall–Kier alpha value is -6.87. The maximum atomic E-state index is 12.7. The van der Waals surface area contributed by atoms with Crippen molar-refractivity contribution in [1.82, 2.24) is 0 Å². The molecule has 6 rings (SSSR count). The van der Waals surface area contributed by atoms with Crippen LogP contribution in [0.5, 0.6) is 34.5 Å². The van der Waals surface area contributed by atoms with Crippen molar-refractivity contribution in [3.63, 3.8) is 0 Å². The van der Waals surface area contributed by atoms with Crippen LogP contribution in [0.15, 0.2) is 158 Å². The highest BCUT2D eigenvalue weighted by molar-refractivity contribution is 5.68. The van der Waals surface area contributed by atoms with E-state index < -0.39 is 29.3 Å². The fourth-order valence-electron chi connectivity index (χ4n) is 5.71. The predicted octanol–water partition coefficient (Wildman–Crippen LogP) is 11.1. The maximum absolute atomic E-state index is 12.7. The van der Waals surface area contributed by atoms with Crippen LogP contribution in [0, 0.1) is 0 Å². The molecule has 0 aliphatic rings. The zero-order chi connectivity index (χ0) is 38.1. The molecule has 0 atom stereocenters. The number of benzene rings is 6. The third kappa shape index (κ3) is 9.32. The summed E-state index contributed by atoms with van der Waals surface area (Å²) in [5.74, 6) is 2.18. The van der Waals surface area contributed by atoms with Crippen LogP contribution >= 0.6 is 0 Å². The molecule has 0 bridgehead atoms. The van der Waals surface area contributed by atoms with Crippen molar-refractivity contribution in [1.29, 1.82) is 0 Å². The fraction of sp³-hybridized carbons (Fsp3) is 0.133. The van der Waals surface area contributed by atoms with Gasteiger partial charge >= 0.3 is 18.5 Å². The SMILES string of the molecule is CC(C)(c1ccc(OC(=O)Oc2ccccc2)cc1)c1ccc(OC(=O)Oc2ccc(C(C)(C)c3ccc(OC(=O)Oc4ccccc4)cc3)cc2)cc1. The van der Waals surface area contributed by atoms with E-state index in [1.165, 1.54) is 0 Å². The van der Waals surface area contributed by atoms with Crippen LogP contribution in [0.3, 0.4) is 0 Å². The lowest BCUT2D eigenvalue weighted by atomic mass is 9.78. The molecule has 6 aromatic carbocycles. The highest BCUT2D eigenvalue weighted by Crippen LogP contribution is 2.35. The minimum Gasteiger partial charge on any atom is -0.395 e. The van der Waals surface area contributed by atoms with Gasteiger partial charge in [0.05, 0.1) is 0 Å². The summed E-state index contributed by atoms with van der Waals surface area (Å²) in [6, 6.07) is 46.2. The quantitative estimate of drug-likeness (QED) is 0.101. The Morgan fingerprint density at radius 2 is 0.481 bits per heavy atom. The van der Waals surface area contributed by atoms with Crippen molar-refractivity contribution in [2.45, 2.75) is 38.5 Å². The maximum Gasteiger partial charge on any atom is 0.519 e. The van der Waals surface area contributed by atoms with E-state index in [1.54, 1.807) is 97.1 Å². The van der Waals surface area contributed by atoms with Crippen molar-refractivity contribution >= 4 is 18.5 Å². The van der Waals surface area contributed by atoms with Gasteiger partial charge in [-0.1, -0.05) is 113 Å². The molecule has 9 nitrogen and oxygen atoms in total. The third-order valence-corrected chi connectivity index (χ3v) is 9.00. The number of ether oxygens (including phenoxy) is 6. The van der Waals surface area contributed by atoms with Crippen LogP contribution in [-0.4, -0.2) is 18.5 Å². The summed E-state index contributed by atoms with van der Waals surface area (Å²) in [4.78, 5) is 37.0. The van der Waals surface area contributed by atoms with E-state index in [2.05, 4.69) is 27.7 Å². The van der Waals surface area contributed by atoms with E-state index in [4.69, 9.17) is 28.4 Å². The van der Waals surface area contributed by atoms with Gasteiger partial charge in [0.25, 0.3) is 0 Å². The van der Waals surface area contributed by atoms with Crippen LogP contribution in [-0.2, 0) is 10.8 Å². The monoisotopic (exact) mass is 722 g/mol. The summed E-state index contributed by atoms with van der Waals surface area (Å²) in [5, 5.41) is 0. The lowest BCUT2D eigenvalue weighted by molar-refractivity contribution is 0.150. The molecule has 0 radical (unpaired) electrons. The van der Waals surface area contributed by atoms with Crippen molar-refractivity contribution in [2.24, 2.45) is 0 Å². The second kappa shape index (κ2) is 16.2. The fourth-order valence-corrected chi connectivity index (χ4v) is 5.71. The summed E-state index contributed by atoms with van der Waals surface area (Å²) in [6.07, 6.45) is -2.50. The Bertz CT molecular complexity index is 2020. The molecule has 0 amide bonds. The minimum absolute atomic E-state index is 0.332. The highest BCUT2D eigenvalue weighted by atomic mass is 16.7. The van der Waals surface area contributed by atoms with Crippen LogP contribution < -0.4 is 28.4 Å². The van der Waals surface area contributed by atoms with Crippen LogP contribution in [0.4, 0.5) is 14.4 Å². The van der Waals surface area contributed by atoms with Gasteiger partial charge in [-0.2, -0.15) is 0 Å². The highest BCUT2D eigenvalue weighted by Gasteiger charge is 2.25. The number of rotatable bonds is 10. The number of hydrogen-bond acceptors (Lipinski definition) is 9. The first-order valence-electron chi connectivity index (χ1n) is 17.2. The molecule has 0 saturated carbocycles. The predicted molar refractivity (Wildman–Crippen MR) is 203 cm³/mol.